The van der Waals surface area contributed by atoms with Crippen LogP contribution < -0.4 is 0 Å². The molecule has 0 saturated carbocycles. The Morgan fingerprint density at radius 2 is 1.28 bits per heavy atom. The van der Waals surface area contributed by atoms with E-state index in [1.54, 1.807) is 0 Å². The zero-order valence-corrected chi connectivity index (χ0v) is 21.5. The van der Waals surface area contributed by atoms with Gasteiger partial charge >= 0.3 is 0 Å². The second-order valence-electron chi connectivity index (χ2n) is 9.49. The van der Waals surface area contributed by atoms with E-state index >= 15 is 0 Å². The van der Waals surface area contributed by atoms with Crippen molar-refractivity contribution in [2.24, 2.45) is 0 Å². The van der Waals surface area contributed by atoms with Crippen LogP contribution >= 0.6 is 0 Å². The van der Waals surface area contributed by atoms with Gasteiger partial charge in [0.2, 0.25) is 0 Å². The molecule has 0 fully saturated rings. The maximum absolute atomic E-state index is 5.84. The summed E-state index contributed by atoms with van der Waals surface area (Å²) in [4.78, 5) is 0. The number of rotatable bonds is 13. The number of aryl methyl sites for hydroxylation is 2. The SMILES string of the molecule is CCCOCCOCCOCCCc1ccc(C)c2c1-c1ccc(-c3ccccc3)c3cccc-2c13. The average molecular weight is 481 g/mol. The molecule has 0 atom stereocenters. The van der Waals surface area contributed by atoms with E-state index < -0.39 is 0 Å². The Bertz CT molecular complexity index is 1310. The van der Waals surface area contributed by atoms with Crippen LogP contribution in [0.3, 0.4) is 0 Å². The predicted molar refractivity (Wildman–Crippen MR) is 150 cm³/mol. The van der Waals surface area contributed by atoms with E-state index in [0.717, 1.165) is 32.5 Å². The first-order valence-electron chi connectivity index (χ1n) is 13.3. The summed E-state index contributed by atoms with van der Waals surface area (Å²) in [6.07, 6.45) is 3.05. The van der Waals surface area contributed by atoms with Crippen molar-refractivity contribution < 1.29 is 14.2 Å². The molecule has 186 valence electrons. The molecule has 4 aromatic carbocycles. The highest BCUT2D eigenvalue weighted by Crippen LogP contribution is 2.51. The number of benzene rings is 4. The van der Waals surface area contributed by atoms with Crippen molar-refractivity contribution in [2.75, 3.05) is 39.6 Å². The van der Waals surface area contributed by atoms with E-state index in [9.17, 15) is 0 Å². The molecule has 1 aliphatic carbocycles. The highest BCUT2D eigenvalue weighted by atomic mass is 16.5. The minimum absolute atomic E-state index is 0.621. The van der Waals surface area contributed by atoms with Gasteiger partial charge < -0.3 is 14.2 Å². The first-order valence-corrected chi connectivity index (χ1v) is 13.3. The molecule has 0 spiro atoms. The molecule has 3 nitrogen and oxygen atoms in total. The molecular weight excluding hydrogens is 444 g/mol. The Morgan fingerprint density at radius 3 is 2.06 bits per heavy atom. The van der Waals surface area contributed by atoms with Crippen LogP contribution in [0.4, 0.5) is 0 Å². The summed E-state index contributed by atoms with van der Waals surface area (Å²) >= 11 is 0. The first kappa shape index (κ1) is 24.7. The van der Waals surface area contributed by atoms with Crippen LogP contribution in [0.2, 0.25) is 0 Å². The lowest BCUT2D eigenvalue weighted by Gasteiger charge is -2.13. The molecule has 0 radical (unpaired) electrons. The van der Waals surface area contributed by atoms with Gasteiger partial charge in [-0.2, -0.15) is 0 Å². The molecule has 0 N–H and O–H groups in total. The quantitative estimate of drug-likeness (QED) is 0.161. The topological polar surface area (TPSA) is 27.7 Å². The lowest BCUT2D eigenvalue weighted by atomic mass is 9.92. The minimum atomic E-state index is 0.621. The van der Waals surface area contributed by atoms with Gasteiger partial charge in [0, 0.05) is 13.2 Å². The Balaban J connectivity index is 1.28. The second kappa shape index (κ2) is 11.8. The standard InChI is InChI=1S/C33H36O3/c1-3-18-34-20-22-36-23-21-35-19-8-11-26-15-14-24(2)31-29-13-7-12-28-27(25-9-5-4-6-10-25)16-17-30(32(26)31)33(28)29/h4-7,9-10,12-17H,3,8,11,18-23H2,1-2H3. The molecule has 0 heterocycles. The van der Waals surface area contributed by atoms with Crippen LogP contribution in [-0.2, 0) is 20.6 Å². The van der Waals surface area contributed by atoms with Crippen molar-refractivity contribution in [1.82, 2.24) is 0 Å². The Kier molecular flexibility index (Phi) is 8.12. The molecule has 0 aromatic heterocycles. The smallest absolute Gasteiger partial charge is 0.0701 e. The van der Waals surface area contributed by atoms with E-state index in [-0.39, 0.29) is 0 Å². The van der Waals surface area contributed by atoms with Crippen LogP contribution in [0.5, 0.6) is 0 Å². The summed E-state index contributed by atoms with van der Waals surface area (Å²) in [6, 6.07) is 26.7. The van der Waals surface area contributed by atoms with E-state index in [4.69, 9.17) is 14.2 Å². The Hall–Kier alpha value is -2.98. The molecule has 0 unspecified atom stereocenters. The summed E-state index contributed by atoms with van der Waals surface area (Å²) in [5.74, 6) is 0. The van der Waals surface area contributed by atoms with E-state index in [1.807, 2.05) is 0 Å². The lowest BCUT2D eigenvalue weighted by Crippen LogP contribution is -2.10. The number of hydrogen-bond acceptors (Lipinski definition) is 3. The highest BCUT2D eigenvalue weighted by molar-refractivity contribution is 6.19. The van der Waals surface area contributed by atoms with Gasteiger partial charge in [0.1, 0.15) is 0 Å². The van der Waals surface area contributed by atoms with Crippen LogP contribution in [0.1, 0.15) is 30.9 Å². The van der Waals surface area contributed by atoms with E-state index in [1.165, 1.54) is 55.3 Å². The fourth-order valence-corrected chi connectivity index (χ4v) is 5.36. The minimum Gasteiger partial charge on any atom is -0.379 e. The third-order valence-corrected chi connectivity index (χ3v) is 6.99. The molecule has 0 aliphatic heterocycles. The fraction of sp³-hybridized carbons (Fsp3) is 0.333. The van der Waals surface area contributed by atoms with Crippen molar-refractivity contribution in [3.63, 3.8) is 0 Å². The number of fused-ring (bicyclic) bond motifs is 3. The summed E-state index contributed by atoms with van der Waals surface area (Å²) < 4.78 is 16.9. The van der Waals surface area contributed by atoms with Gasteiger partial charge in [0.25, 0.3) is 0 Å². The van der Waals surface area contributed by atoms with Gasteiger partial charge in [-0.25, -0.2) is 0 Å². The molecule has 3 heteroatoms. The molecule has 0 amide bonds. The molecule has 0 saturated heterocycles. The van der Waals surface area contributed by atoms with Crippen LogP contribution in [0.15, 0.2) is 72.8 Å². The van der Waals surface area contributed by atoms with Crippen LogP contribution in [0, 0.1) is 6.92 Å². The average Bonchev–Trinajstić information content (AvgIpc) is 3.26. The highest BCUT2D eigenvalue weighted by Gasteiger charge is 2.26. The maximum Gasteiger partial charge on any atom is 0.0701 e. The third kappa shape index (κ3) is 5.10. The predicted octanol–water partition coefficient (Wildman–Crippen LogP) is 7.86. The summed E-state index contributed by atoms with van der Waals surface area (Å²) in [7, 11) is 0. The maximum atomic E-state index is 5.84. The third-order valence-electron chi connectivity index (χ3n) is 6.99. The molecule has 1 aliphatic rings. The van der Waals surface area contributed by atoms with Gasteiger partial charge in [0.15, 0.2) is 0 Å². The second-order valence-corrected chi connectivity index (χ2v) is 9.49. The monoisotopic (exact) mass is 480 g/mol. The first-order chi connectivity index (χ1) is 17.8. The van der Waals surface area contributed by atoms with Gasteiger partial charge in [-0.3, -0.25) is 0 Å². The molecule has 5 rings (SSSR count). The summed E-state index contributed by atoms with van der Waals surface area (Å²) in [6.45, 7) is 8.45. The zero-order valence-electron chi connectivity index (χ0n) is 21.5. The largest absolute Gasteiger partial charge is 0.379 e. The molecule has 0 bridgehead atoms. The van der Waals surface area contributed by atoms with Crippen LogP contribution in [0.25, 0.3) is 44.2 Å². The van der Waals surface area contributed by atoms with Crippen molar-refractivity contribution in [2.45, 2.75) is 33.1 Å². The van der Waals surface area contributed by atoms with Gasteiger partial charge in [0.05, 0.1) is 26.4 Å². The summed E-state index contributed by atoms with van der Waals surface area (Å²) in [5.41, 5.74) is 10.9. The zero-order chi connectivity index (χ0) is 24.7. The van der Waals surface area contributed by atoms with Crippen LogP contribution in [-0.4, -0.2) is 39.6 Å². The van der Waals surface area contributed by atoms with E-state index in [2.05, 4.69) is 86.6 Å². The number of ether oxygens (including phenoxy) is 3. The Labute approximate surface area is 215 Å². The molecular formula is C33H36O3. The van der Waals surface area contributed by atoms with Crippen molar-refractivity contribution in [3.05, 3.63) is 83.9 Å². The van der Waals surface area contributed by atoms with E-state index in [0.29, 0.717) is 26.4 Å². The van der Waals surface area contributed by atoms with Gasteiger partial charge in [-0.1, -0.05) is 79.7 Å². The van der Waals surface area contributed by atoms with Crippen molar-refractivity contribution in [3.8, 4) is 33.4 Å². The van der Waals surface area contributed by atoms with Crippen molar-refractivity contribution >= 4 is 10.8 Å². The van der Waals surface area contributed by atoms with Gasteiger partial charge in [-0.05, 0) is 81.5 Å². The molecule has 36 heavy (non-hydrogen) atoms. The lowest BCUT2D eigenvalue weighted by molar-refractivity contribution is 0.0143. The van der Waals surface area contributed by atoms with Crippen molar-refractivity contribution in [1.29, 1.82) is 0 Å². The Morgan fingerprint density at radius 1 is 0.583 bits per heavy atom. The summed E-state index contributed by atoms with van der Waals surface area (Å²) in [5, 5.41) is 2.72. The normalized spacial score (nSPS) is 11.8. The number of hydrogen-bond donors (Lipinski definition) is 0. The molecule has 4 aromatic rings. The van der Waals surface area contributed by atoms with Gasteiger partial charge in [-0.15, -0.1) is 0 Å². The fourth-order valence-electron chi connectivity index (χ4n) is 5.36.